The highest BCUT2D eigenvalue weighted by atomic mass is 16.2. The molecule has 0 aliphatic carbocycles. The number of benzene rings is 1. The normalized spacial score (nSPS) is 18.7. The zero-order valence-corrected chi connectivity index (χ0v) is 13.4. The molecule has 1 aromatic carbocycles. The Balaban J connectivity index is 1.99. The van der Waals surface area contributed by atoms with Crippen LogP contribution in [-0.2, 0) is 11.8 Å². The fourth-order valence-corrected chi connectivity index (χ4v) is 3.43. The SMILES string of the molecule is Cc1c(C(=O)C(=O)N2CCCC(C)C2)c2ccccc2n1C. The van der Waals surface area contributed by atoms with E-state index >= 15 is 0 Å². The van der Waals surface area contributed by atoms with Crippen LogP contribution in [0.1, 0.15) is 35.8 Å². The van der Waals surface area contributed by atoms with Gasteiger partial charge < -0.3 is 9.47 Å². The average Bonchev–Trinajstić information content (AvgIpc) is 2.78. The predicted octanol–water partition coefficient (Wildman–Crippen LogP) is 2.93. The van der Waals surface area contributed by atoms with E-state index in [4.69, 9.17) is 0 Å². The molecule has 1 aliphatic heterocycles. The van der Waals surface area contributed by atoms with Crippen LogP contribution in [-0.4, -0.2) is 34.2 Å². The molecule has 1 aliphatic rings. The number of piperidine rings is 1. The number of aryl methyl sites for hydroxylation is 1. The molecule has 1 saturated heterocycles. The van der Waals surface area contributed by atoms with Crippen LogP contribution in [0.15, 0.2) is 24.3 Å². The number of Topliss-reactive ketones (excluding diaryl/α,β-unsaturated/α-hetero) is 1. The third-order valence-electron chi connectivity index (χ3n) is 4.77. The molecule has 4 heteroatoms. The minimum absolute atomic E-state index is 0.356. The van der Waals surface area contributed by atoms with Gasteiger partial charge in [-0.2, -0.15) is 0 Å². The van der Waals surface area contributed by atoms with Crippen molar-refractivity contribution >= 4 is 22.6 Å². The van der Waals surface area contributed by atoms with E-state index in [0.717, 1.165) is 29.4 Å². The smallest absolute Gasteiger partial charge is 0.295 e. The molecule has 116 valence electrons. The molecule has 1 atom stereocenters. The number of para-hydroxylation sites is 1. The van der Waals surface area contributed by atoms with E-state index in [-0.39, 0.29) is 11.7 Å². The van der Waals surface area contributed by atoms with Crippen LogP contribution >= 0.6 is 0 Å². The van der Waals surface area contributed by atoms with E-state index in [1.165, 1.54) is 0 Å². The molecule has 4 nitrogen and oxygen atoms in total. The lowest BCUT2D eigenvalue weighted by Gasteiger charge is -2.30. The highest BCUT2D eigenvalue weighted by Gasteiger charge is 2.30. The summed E-state index contributed by atoms with van der Waals surface area (Å²) in [5.74, 6) is -0.256. The minimum Gasteiger partial charge on any atom is -0.347 e. The van der Waals surface area contributed by atoms with Gasteiger partial charge in [0.2, 0.25) is 0 Å². The molecule has 1 unspecified atom stereocenters. The molecule has 0 N–H and O–H groups in total. The molecule has 2 aromatic rings. The fourth-order valence-electron chi connectivity index (χ4n) is 3.43. The third-order valence-corrected chi connectivity index (χ3v) is 4.77. The first-order chi connectivity index (χ1) is 10.5. The Morgan fingerprint density at radius 3 is 2.68 bits per heavy atom. The lowest BCUT2D eigenvalue weighted by atomic mass is 9.99. The van der Waals surface area contributed by atoms with Crippen molar-refractivity contribution in [1.29, 1.82) is 0 Å². The molecular weight excluding hydrogens is 276 g/mol. The number of fused-ring (bicyclic) bond motifs is 1. The number of likely N-dealkylation sites (tertiary alicyclic amines) is 1. The van der Waals surface area contributed by atoms with Gasteiger partial charge in [0.1, 0.15) is 0 Å². The summed E-state index contributed by atoms with van der Waals surface area (Å²) in [5, 5.41) is 0.867. The maximum absolute atomic E-state index is 12.8. The number of ketones is 1. The molecule has 1 amide bonds. The maximum Gasteiger partial charge on any atom is 0.295 e. The van der Waals surface area contributed by atoms with Gasteiger partial charge in [0.15, 0.2) is 0 Å². The van der Waals surface area contributed by atoms with Crippen LogP contribution in [0.25, 0.3) is 10.9 Å². The Hall–Kier alpha value is -2.10. The van der Waals surface area contributed by atoms with Crippen LogP contribution < -0.4 is 0 Å². The van der Waals surface area contributed by atoms with Crippen molar-refractivity contribution < 1.29 is 9.59 Å². The average molecular weight is 298 g/mol. The number of carbonyl (C=O) groups is 2. The van der Waals surface area contributed by atoms with E-state index < -0.39 is 0 Å². The number of aromatic nitrogens is 1. The second kappa shape index (κ2) is 5.59. The molecule has 3 rings (SSSR count). The van der Waals surface area contributed by atoms with Crippen molar-refractivity contribution in [2.75, 3.05) is 13.1 Å². The van der Waals surface area contributed by atoms with Gasteiger partial charge in [0.25, 0.3) is 11.7 Å². The zero-order valence-electron chi connectivity index (χ0n) is 13.4. The van der Waals surface area contributed by atoms with Crippen molar-refractivity contribution in [3.05, 3.63) is 35.5 Å². The summed E-state index contributed by atoms with van der Waals surface area (Å²) < 4.78 is 1.98. The van der Waals surface area contributed by atoms with Gasteiger partial charge in [-0.1, -0.05) is 25.1 Å². The van der Waals surface area contributed by atoms with Gasteiger partial charge >= 0.3 is 0 Å². The molecule has 22 heavy (non-hydrogen) atoms. The van der Waals surface area contributed by atoms with Gasteiger partial charge in [-0.25, -0.2) is 0 Å². The summed E-state index contributed by atoms with van der Waals surface area (Å²) in [6.45, 7) is 5.42. The molecule has 0 spiro atoms. The van der Waals surface area contributed by atoms with Crippen molar-refractivity contribution in [3.8, 4) is 0 Å². The van der Waals surface area contributed by atoms with Crippen molar-refractivity contribution in [2.45, 2.75) is 26.7 Å². The summed E-state index contributed by atoms with van der Waals surface area (Å²) in [5.41, 5.74) is 2.40. The standard InChI is InChI=1S/C18H22N2O2/c1-12-7-6-10-20(11-12)18(22)17(21)16-13(2)19(3)15-9-5-4-8-14(15)16/h4-5,8-9,12H,6-7,10-11H2,1-3H3. The summed E-state index contributed by atoms with van der Waals surface area (Å²) in [6.07, 6.45) is 2.11. The quantitative estimate of drug-likeness (QED) is 0.632. The van der Waals surface area contributed by atoms with Gasteiger partial charge in [-0.15, -0.1) is 0 Å². The van der Waals surface area contributed by atoms with Crippen LogP contribution in [0.4, 0.5) is 0 Å². The topological polar surface area (TPSA) is 42.3 Å². The van der Waals surface area contributed by atoms with Gasteiger partial charge in [0.05, 0.1) is 5.56 Å². The largest absolute Gasteiger partial charge is 0.347 e. The Morgan fingerprint density at radius 1 is 1.23 bits per heavy atom. The van der Waals surface area contributed by atoms with Gasteiger partial charge in [-0.3, -0.25) is 9.59 Å². The summed E-state index contributed by atoms with van der Waals surface area (Å²) in [7, 11) is 1.93. The molecule has 0 saturated carbocycles. The monoisotopic (exact) mass is 298 g/mol. The second-order valence-corrected chi connectivity index (χ2v) is 6.36. The molecule has 0 bridgehead atoms. The Kier molecular flexibility index (Phi) is 3.77. The maximum atomic E-state index is 12.8. The highest BCUT2D eigenvalue weighted by Crippen LogP contribution is 2.26. The molecule has 1 aromatic heterocycles. The number of carbonyl (C=O) groups excluding carboxylic acids is 2. The number of rotatable bonds is 2. The number of hydrogen-bond donors (Lipinski definition) is 0. The Bertz CT molecular complexity index is 745. The van der Waals surface area contributed by atoms with E-state index in [0.29, 0.717) is 24.6 Å². The molecule has 2 heterocycles. The Labute approximate surface area is 130 Å². The lowest BCUT2D eigenvalue weighted by molar-refractivity contribution is -0.128. The first-order valence-electron chi connectivity index (χ1n) is 7.88. The van der Waals surface area contributed by atoms with Crippen molar-refractivity contribution in [3.63, 3.8) is 0 Å². The minimum atomic E-state index is -0.372. The van der Waals surface area contributed by atoms with Crippen LogP contribution in [0.2, 0.25) is 0 Å². The van der Waals surface area contributed by atoms with E-state index in [2.05, 4.69) is 6.92 Å². The number of hydrogen-bond acceptors (Lipinski definition) is 2. The lowest BCUT2D eigenvalue weighted by Crippen LogP contribution is -2.42. The van der Waals surface area contributed by atoms with Crippen molar-refractivity contribution in [1.82, 2.24) is 9.47 Å². The molecule has 0 radical (unpaired) electrons. The summed E-state index contributed by atoms with van der Waals surface area (Å²) in [4.78, 5) is 27.1. The van der Waals surface area contributed by atoms with Crippen molar-refractivity contribution in [2.24, 2.45) is 13.0 Å². The summed E-state index contributed by atoms with van der Waals surface area (Å²) in [6, 6.07) is 7.75. The molecular formula is C18H22N2O2. The first-order valence-corrected chi connectivity index (χ1v) is 7.88. The first kappa shape index (κ1) is 14.8. The summed E-state index contributed by atoms with van der Waals surface area (Å²) >= 11 is 0. The van der Waals surface area contributed by atoms with Crippen LogP contribution in [0, 0.1) is 12.8 Å². The van der Waals surface area contributed by atoms with E-state index in [9.17, 15) is 9.59 Å². The van der Waals surface area contributed by atoms with Crippen LogP contribution in [0.3, 0.4) is 0 Å². The van der Waals surface area contributed by atoms with E-state index in [1.807, 2.05) is 42.8 Å². The molecule has 1 fully saturated rings. The van der Waals surface area contributed by atoms with Crippen LogP contribution in [0.5, 0.6) is 0 Å². The van der Waals surface area contributed by atoms with E-state index in [1.54, 1.807) is 4.90 Å². The fraction of sp³-hybridized carbons (Fsp3) is 0.444. The number of nitrogens with zero attached hydrogens (tertiary/aromatic N) is 2. The second-order valence-electron chi connectivity index (χ2n) is 6.36. The zero-order chi connectivity index (χ0) is 15.9. The highest BCUT2D eigenvalue weighted by molar-refractivity contribution is 6.45. The third kappa shape index (κ3) is 2.32. The van der Waals surface area contributed by atoms with Gasteiger partial charge in [0, 0.05) is 36.7 Å². The Morgan fingerprint density at radius 2 is 1.95 bits per heavy atom. The number of amides is 1. The predicted molar refractivity (Wildman–Crippen MR) is 87.0 cm³/mol. The van der Waals surface area contributed by atoms with Gasteiger partial charge in [-0.05, 0) is 31.7 Å².